The predicted octanol–water partition coefficient (Wildman–Crippen LogP) is 2.42. The van der Waals surface area contributed by atoms with Crippen LogP contribution in [0.4, 0.5) is 0 Å². The molecule has 0 radical (unpaired) electrons. The zero-order chi connectivity index (χ0) is 24.2. The van der Waals surface area contributed by atoms with Crippen LogP contribution in [0.3, 0.4) is 0 Å². The van der Waals surface area contributed by atoms with Crippen molar-refractivity contribution in [3.63, 3.8) is 0 Å². The van der Waals surface area contributed by atoms with Crippen LogP contribution in [-0.4, -0.2) is 60.9 Å². The number of halogens is 1. The lowest BCUT2D eigenvalue weighted by Crippen LogP contribution is -2.69. The topological polar surface area (TPSA) is 96.0 Å². The highest BCUT2D eigenvalue weighted by Crippen LogP contribution is 2.29. The lowest BCUT2D eigenvalue weighted by atomic mass is 9.94. The van der Waals surface area contributed by atoms with Crippen LogP contribution >= 0.6 is 11.6 Å². The quantitative estimate of drug-likeness (QED) is 0.609. The summed E-state index contributed by atoms with van der Waals surface area (Å²) in [5, 5.41) is 3.32. The first kappa shape index (κ1) is 25.0. The maximum Gasteiger partial charge on any atom is 0.247 e. The largest absolute Gasteiger partial charge is 0.496 e. The maximum absolute atomic E-state index is 13.5. The molecule has 1 N–H and O–H groups in total. The number of carbonyl (C=O) groups is 2. The van der Waals surface area contributed by atoms with E-state index in [1.807, 2.05) is 18.2 Å². The number of piperazine rings is 1. The normalized spacial score (nSPS) is 19.4. The van der Waals surface area contributed by atoms with Crippen LogP contribution in [0.5, 0.6) is 5.75 Å². The molecule has 2 amide bonds. The fraction of sp³-hybridized carbons (Fsp3) is 0.391. The van der Waals surface area contributed by atoms with E-state index >= 15 is 0 Å². The van der Waals surface area contributed by atoms with Crippen LogP contribution in [-0.2, 0) is 32.7 Å². The van der Waals surface area contributed by atoms with Crippen molar-refractivity contribution in [3.8, 4) is 5.75 Å². The Hall–Kier alpha value is -2.62. The number of sulfonamides is 1. The van der Waals surface area contributed by atoms with Crippen LogP contribution < -0.4 is 10.1 Å². The van der Waals surface area contributed by atoms with Gasteiger partial charge in [0, 0.05) is 30.2 Å². The number of nitrogens with one attached hydrogen (secondary N) is 1. The third-order valence-electron chi connectivity index (χ3n) is 5.86. The first-order chi connectivity index (χ1) is 15.6. The molecular formula is C23H28ClN3O5S. The Morgan fingerprint density at radius 2 is 1.79 bits per heavy atom. The second kappa shape index (κ2) is 10.1. The zero-order valence-electron chi connectivity index (χ0n) is 18.9. The van der Waals surface area contributed by atoms with Gasteiger partial charge in [0.1, 0.15) is 11.3 Å². The molecule has 178 valence electrons. The van der Waals surface area contributed by atoms with Crippen LogP contribution in [0.15, 0.2) is 48.5 Å². The van der Waals surface area contributed by atoms with Gasteiger partial charge in [0.2, 0.25) is 21.8 Å². The molecule has 1 fully saturated rings. The number of ether oxygens (including phenoxy) is 1. The minimum Gasteiger partial charge on any atom is -0.496 e. The first-order valence-electron chi connectivity index (χ1n) is 10.5. The number of rotatable bonds is 8. The molecule has 1 aliphatic rings. The molecule has 0 spiro atoms. The van der Waals surface area contributed by atoms with Crippen molar-refractivity contribution in [1.29, 1.82) is 0 Å². The molecule has 2 aromatic rings. The molecule has 0 saturated carbocycles. The Bertz CT molecular complexity index is 1140. The van der Waals surface area contributed by atoms with Crippen LogP contribution in [0.25, 0.3) is 0 Å². The molecule has 0 aliphatic carbocycles. The SMILES string of the molecule is CCS(=O)(=O)N1CC(=O)N(Cc2ccccc2Cl)[C@@](C)(C(=O)NCc2ccccc2OC)C1. The number of amides is 2. The summed E-state index contributed by atoms with van der Waals surface area (Å²) in [5.74, 6) is -0.479. The Morgan fingerprint density at radius 3 is 2.42 bits per heavy atom. The van der Waals surface area contributed by atoms with Gasteiger partial charge in [0.05, 0.1) is 19.4 Å². The molecule has 0 bridgehead atoms. The summed E-state index contributed by atoms with van der Waals surface area (Å²) in [5.41, 5.74) is -0.0171. The van der Waals surface area contributed by atoms with E-state index in [1.165, 1.54) is 11.8 Å². The number of para-hydroxylation sites is 1. The Labute approximate surface area is 199 Å². The lowest BCUT2D eigenvalue weighted by Gasteiger charge is -2.46. The summed E-state index contributed by atoms with van der Waals surface area (Å²) in [6.45, 7) is 2.85. The average Bonchev–Trinajstić information content (AvgIpc) is 2.80. The predicted molar refractivity (Wildman–Crippen MR) is 126 cm³/mol. The summed E-state index contributed by atoms with van der Waals surface area (Å²) >= 11 is 6.30. The molecule has 8 nitrogen and oxygen atoms in total. The highest BCUT2D eigenvalue weighted by atomic mass is 35.5. The van der Waals surface area contributed by atoms with E-state index in [2.05, 4.69) is 5.32 Å². The van der Waals surface area contributed by atoms with Gasteiger partial charge in [-0.1, -0.05) is 48.0 Å². The smallest absolute Gasteiger partial charge is 0.247 e. The molecule has 2 aromatic carbocycles. The van der Waals surface area contributed by atoms with Crippen molar-refractivity contribution in [1.82, 2.24) is 14.5 Å². The number of nitrogens with zero attached hydrogens (tertiary/aromatic N) is 2. The molecule has 1 aliphatic heterocycles. The van der Waals surface area contributed by atoms with E-state index in [1.54, 1.807) is 44.4 Å². The van der Waals surface area contributed by atoms with E-state index in [0.717, 1.165) is 9.87 Å². The second-order valence-electron chi connectivity index (χ2n) is 8.01. The monoisotopic (exact) mass is 493 g/mol. The van der Waals surface area contributed by atoms with Gasteiger partial charge < -0.3 is 15.0 Å². The van der Waals surface area contributed by atoms with Gasteiger partial charge in [-0.05, 0) is 31.5 Å². The fourth-order valence-corrected chi connectivity index (χ4v) is 5.16. The third-order valence-corrected chi connectivity index (χ3v) is 8.00. The van der Waals surface area contributed by atoms with Gasteiger partial charge >= 0.3 is 0 Å². The summed E-state index contributed by atoms with van der Waals surface area (Å²) in [6.07, 6.45) is 0. The van der Waals surface area contributed by atoms with Crippen molar-refractivity contribution in [2.24, 2.45) is 0 Å². The van der Waals surface area contributed by atoms with Crippen LogP contribution in [0.2, 0.25) is 5.02 Å². The highest BCUT2D eigenvalue weighted by Gasteiger charge is 2.49. The molecule has 1 heterocycles. The van der Waals surface area contributed by atoms with Crippen molar-refractivity contribution in [3.05, 3.63) is 64.7 Å². The minimum absolute atomic E-state index is 0.0805. The average molecular weight is 494 g/mol. The number of methoxy groups -OCH3 is 1. The number of carbonyl (C=O) groups excluding carboxylic acids is 2. The van der Waals surface area contributed by atoms with Crippen molar-refractivity contribution >= 4 is 33.4 Å². The Morgan fingerprint density at radius 1 is 1.15 bits per heavy atom. The zero-order valence-corrected chi connectivity index (χ0v) is 20.4. The molecular weight excluding hydrogens is 466 g/mol. The summed E-state index contributed by atoms with van der Waals surface area (Å²) in [4.78, 5) is 28.0. The van der Waals surface area contributed by atoms with Crippen molar-refractivity contribution in [2.75, 3.05) is 26.0 Å². The molecule has 1 atom stereocenters. The number of benzene rings is 2. The van der Waals surface area contributed by atoms with Crippen LogP contribution in [0, 0.1) is 0 Å². The molecule has 0 unspecified atom stereocenters. The number of hydrogen-bond donors (Lipinski definition) is 1. The maximum atomic E-state index is 13.5. The molecule has 0 aromatic heterocycles. The van der Waals surface area contributed by atoms with E-state index in [9.17, 15) is 18.0 Å². The highest BCUT2D eigenvalue weighted by molar-refractivity contribution is 7.89. The Kier molecular flexibility index (Phi) is 7.66. The van der Waals surface area contributed by atoms with Gasteiger partial charge in [0.15, 0.2) is 0 Å². The molecule has 10 heteroatoms. The number of hydrogen-bond acceptors (Lipinski definition) is 5. The second-order valence-corrected chi connectivity index (χ2v) is 10.7. The summed E-state index contributed by atoms with van der Waals surface area (Å²) in [7, 11) is -2.14. The molecule has 33 heavy (non-hydrogen) atoms. The van der Waals surface area contributed by atoms with Gasteiger partial charge in [-0.2, -0.15) is 4.31 Å². The standard InChI is InChI=1S/C23H28ClN3O5S/c1-4-33(30,31)26-15-21(28)27(14-18-10-5-7-11-19(18)24)23(2,16-26)22(29)25-13-17-9-6-8-12-20(17)32-3/h5-12H,4,13-16H2,1-3H3,(H,25,29)/t23-/m1/s1. The Balaban J connectivity index is 1.93. The summed E-state index contributed by atoms with van der Waals surface area (Å²) in [6, 6.07) is 14.3. The summed E-state index contributed by atoms with van der Waals surface area (Å²) < 4.78 is 31.6. The van der Waals surface area contributed by atoms with Gasteiger partial charge in [-0.15, -0.1) is 0 Å². The molecule has 1 saturated heterocycles. The van der Waals surface area contributed by atoms with Gasteiger partial charge in [0.25, 0.3) is 0 Å². The van der Waals surface area contributed by atoms with Gasteiger partial charge in [-0.3, -0.25) is 9.59 Å². The van der Waals surface area contributed by atoms with Crippen LogP contribution in [0.1, 0.15) is 25.0 Å². The van der Waals surface area contributed by atoms with E-state index in [0.29, 0.717) is 16.3 Å². The first-order valence-corrected chi connectivity index (χ1v) is 12.5. The van der Waals surface area contributed by atoms with Gasteiger partial charge in [-0.25, -0.2) is 8.42 Å². The molecule has 3 rings (SSSR count). The van der Waals surface area contributed by atoms with E-state index in [4.69, 9.17) is 16.3 Å². The van der Waals surface area contributed by atoms with Crippen molar-refractivity contribution in [2.45, 2.75) is 32.5 Å². The van der Waals surface area contributed by atoms with E-state index < -0.39 is 27.4 Å². The lowest BCUT2D eigenvalue weighted by molar-refractivity contribution is -0.153. The minimum atomic E-state index is -3.68. The van der Waals surface area contributed by atoms with E-state index in [-0.39, 0.29) is 31.9 Å². The third kappa shape index (κ3) is 5.31. The fourth-order valence-electron chi connectivity index (χ4n) is 3.84. The van der Waals surface area contributed by atoms with Crippen molar-refractivity contribution < 1.29 is 22.7 Å².